The van der Waals surface area contributed by atoms with Gasteiger partial charge >= 0.3 is 0 Å². The lowest BCUT2D eigenvalue weighted by atomic mass is 9.82. The number of ketones is 1. The van der Waals surface area contributed by atoms with E-state index in [9.17, 15) is 9.90 Å². The van der Waals surface area contributed by atoms with E-state index in [-0.39, 0.29) is 42.0 Å². The highest BCUT2D eigenvalue weighted by atomic mass is 16.6. The Hall–Kier alpha value is -6.85. The number of aryl methyl sites for hydroxylation is 2. The summed E-state index contributed by atoms with van der Waals surface area (Å²) in [6.07, 6.45) is 1.05. The van der Waals surface area contributed by atoms with Gasteiger partial charge in [-0.2, -0.15) is 0 Å². The molecular formula is C76H86O8. The molecular weight excluding hydrogens is 1040 g/mol. The summed E-state index contributed by atoms with van der Waals surface area (Å²) in [6, 6.07) is 74.1. The van der Waals surface area contributed by atoms with E-state index in [1.807, 2.05) is 127 Å². The van der Waals surface area contributed by atoms with E-state index in [4.69, 9.17) is 28.4 Å². The average molecular weight is 1130 g/mol. The maximum absolute atomic E-state index is 14.5. The van der Waals surface area contributed by atoms with Crippen molar-refractivity contribution < 1.29 is 38.3 Å². The molecule has 0 aliphatic carbocycles. The van der Waals surface area contributed by atoms with E-state index < -0.39 is 30.5 Å². The zero-order valence-electron chi connectivity index (χ0n) is 50.0. The number of rotatable bonds is 24. The fourth-order valence-electron chi connectivity index (χ4n) is 12.0. The second kappa shape index (κ2) is 31.3. The summed E-state index contributed by atoms with van der Waals surface area (Å²) < 4.78 is 39.9. The number of carbonyl (C=O) groups excluding carboxylic acids is 1. The Labute approximate surface area is 500 Å². The van der Waals surface area contributed by atoms with Gasteiger partial charge in [-0.15, -0.1) is 0 Å². The molecule has 8 aromatic rings. The van der Waals surface area contributed by atoms with Crippen molar-refractivity contribution in [2.45, 2.75) is 161 Å². The minimum Gasteiger partial charge on any atom is -0.386 e. The molecule has 8 aromatic carbocycles. The van der Waals surface area contributed by atoms with Gasteiger partial charge in [0.25, 0.3) is 0 Å². The Morgan fingerprint density at radius 3 is 1.21 bits per heavy atom. The van der Waals surface area contributed by atoms with Crippen molar-refractivity contribution in [1.82, 2.24) is 0 Å². The second-order valence-electron chi connectivity index (χ2n) is 22.7. The van der Waals surface area contributed by atoms with Crippen molar-refractivity contribution in [3.63, 3.8) is 0 Å². The maximum Gasteiger partial charge on any atom is 0.194 e. The van der Waals surface area contributed by atoms with Crippen LogP contribution < -0.4 is 0 Å². The van der Waals surface area contributed by atoms with E-state index in [0.717, 1.165) is 71.0 Å². The van der Waals surface area contributed by atoms with Crippen LogP contribution >= 0.6 is 0 Å². The first kappa shape index (κ1) is 61.7. The first-order chi connectivity index (χ1) is 41.1. The third-order valence-electron chi connectivity index (χ3n) is 17.0. The van der Waals surface area contributed by atoms with Crippen LogP contribution in [0.3, 0.4) is 0 Å². The van der Waals surface area contributed by atoms with Gasteiger partial charge < -0.3 is 33.5 Å². The van der Waals surface area contributed by atoms with Crippen LogP contribution in [0.15, 0.2) is 218 Å². The SMILES string of the molecule is CCc1ccc(Cc2ccccc2C(=O)[C@@H]2O[C@H](CC)[C@@H](C)[C@H](OCc3ccccc3)[C@H]2OCc2ccccc2)cc1.CCc1ccc(Cc2ccccc2C(O)[C@@H]2O[C@H](CC)[C@@H](C)[C@H](OCc3ccccc3)[C@H]2OCc2ccccc2)cc1. The molecule has 84 heavy (non-hydrogen) atoms. The van der Waals surface area contributed by atoms with E-state index in [0.29, 0.717) is 38.4 Å². The molecule has 2 aliphatic rings. The van der Waals surface area contributed by atoms with Crippen molar-refractivity contribution in [2.24, 2.45) is 11.8 Å². The molecule has 2 heterocycles. The van der Waals surface area contributed by atoms with Crippen LogP contribution in [0.4, 0.5) is 0 Å². The zero-order chi connectivity index (χ0) is 58.6. The van der Waals surface area contributed by atoms with Crippen LogP contribution in [0.1, 0.15) is 132 Å². The Kier molecular flexibility index (Phi) is 23.0. The van der Waals surface area contributed by atoms with Crippen LogP contribution in [0.5, 0.6) is 0 Å². The molecule has 0 aromatic heterocycles. The lowest BCUT2D eigenvalue weighted by Gasteiger charge is -2.47. The van der Waals surface area contributed by atoms with Gasteiger partial charge in [0.05, 0.1) is 50.8 Å². The van der Waals surface area contributed by atoms with Crippen LogP contribution in [-0.4, -0.2) is 59.7 Å². The highest BCUT2D eigenvalue weighted by Crippen LogP contribution is 2.40. The Morgan fingerprint density at radius 1 is 0.405 bits per heavy atom. The number of carbonyl (C=O) groups is 1. The molecule has 0 spiro atoms. The monoisotopic (exact) mass is 1130 g/mol. The Morgan fingerprint density at radius 2 is 0.762 bits per heavy atom. The fraction of sp³-hybridized carbons (Fsp3) is 0.355. The number of aliphatic hydroxyl groups excluding tert-OH is 1. The predicted molar refractivity (Wildman–Crippen MR) is 336 cm³/mol. The summed E-state index contributed by atoms with van der Waals surface area (Å²) in [5, 5.41) is 12.1. The molecule has 2 saturated heterocycles. The summed E-state index contributed by atoms with van der Waals surface area (Å²) in [5.74, 6) is 0.0959. The quantitative estimate of drug-likeness (QED) is 0.0598. The van der Waals surface area contributed by atoms with E-state index >= 15 is 0 Å². The largest absolute Gasteiger partial charge is 0.386 e. The molecule has 0 amide bonds. The third-order valence-corrected chi connectivity index (χ3v) is 17.0. The van der Waals surface area contributed by atoms with Crippen LogP contribution in [0.25, 0.3) is 0 Å². The number of benzene rings is 8. The van der Waals surface area contributed by atoms with Crippen LogP contribution in [-0.2, 0) is 80.5 Å². The molecule has 8 nitrogen and oxygen atoms in total. The Balaban J connectivity index is 0.000000202. The van der Waals surface area contributed by atoms with E-state index in [1.165, 1.54) is 22.3 Å². The average Bonchev–Trinajstić information content (AvgIpc) is 2.96. The minimum absolute atomic E-state index is 0.0486. The molecule has 0 radical (unpaired) electrons. The summed E-state index contributed by atoms with van der Waals surface area (Å²) >= 11 is 0. The molecule has 0 saturated carbocycles. The van der Waals surface area contributed by atoms with Crippen LogP contribution in [0.2, 0.25) is 0 Å². The summed E-state index contributed by atoms with van der Waals surface area (Å²) in [7, 11) is 0. The zero-order valence-corrected chi connectivity index (χ0v) is 50.0. The van der Waals surface area contributed by atoms with Crippen molar-refractivity contribution in [3.8, 4) is 0 Å². The lowest BCUT2D eigenvalue weighted by molar-refractivity contribution is -0.253. The van der Waals surface area contributed by atoms with Crippen LogP contribution in [0, 0.1) is 11.8 Å². The minimum atomic E-state index is -0.874. The first-order valence-corrected chi connectivity index (χ1v) is 30.6. The van der Waals surface area contributed by atoms with Crippen molar-refractivity contribution in [1.29, 1.82) is 0 Å². The third kappa shape index (κ3) is 16.3. The van der Waals surface area contributed by atoms with Gasteiger partial charge in [0.2, 0.25) is 0 Å². The highest BCUT2D eigenvalue weighted by Gasteiger charge is 2.49. The van der Waals surface area contributed by atoms with Crippen molar-refractivity contribution >= 4 is 5.78 Å². The van der Waals surface area contributed by atoms with Gasteiger partial charge in [-0.25, -0.2) is 0 Å². The summed E-state index contributed by atoms with van der Waals surface area (Å²) in [5.41, 5.74) is 13.0. The van der Waals surface area contributed by atoms with Crippen molar-refractivity contribution in [3.05, 3.63) is 285 Å². The van der Waals surface area contributed by atoms with Gasteiger partial charge in [0, 0.05) is 17.4 Å². The summed E-state index contributed by atoms with van der Waals surface area (Å²) in [6.45, 7) is 14.6. The normalized spacial score (nSPS) is 22.6. The Bertz CT molecular complexity index is 3190. The van der Waals surface area contributed by atoms with E-state index in [2.05, 4.69) is 133 Å². The molecule has 1 N–H and O–H groups in total. The molecule has 8 heteroatoms. The number of hydrogen-bond donors (Lipinski definition) is 1. The number of ether oxygens (including phenoxy) is 6. The number of Topliss-reactive ketones (excluding diaryl/α,β-unsaturated/α-hetero) is 1. The topological polar surface area (TPSA) is 92.7 Å². The molecule has 1 unspecified atom stereocenters. The van der Waals surface area contributed by atoms with Gasteiger partial charge in [-0.1, -0.05) is 260 Å². The molecule has 2 fully saturated rings. The van der Waals surface area contributed by atoms with Gasteiger partial charge in [0.15, 0.2) is 5.78 Å². The number of hydrogen-bond acceptors (Lipinski definition) is 8. The first-order valence-electron chi connectivity index (χ1n) is 30.6. The lowest BCUT2D eigenvalue weighted by Crippen LogP contribution is -2.58. The maximum atomic E-state index is 14.5. The van der Waals surface area contributed by atoms with Gasteiger partial charge in [0.1, 0.15) is 30.5 Å². The smallest absolute Gasteiger partial charge is 0.194 e. The standard InChI is InChI=1S/C38H44O4.C38H42O4/c2*1-4-28-20-22-29(23-21-28)24-32-18-12-13-19-33(32)35(39)37-38(41-26-31-16-10-7-11-17-31)36(27(3)34(5-2)42-37)40-25-30-14-8-6-9-15-30/h6-23,27,34-39H,4-5,24-26H2,1-3H3;6-23,27,34,36-38H,4-5,24-26H2,1-3H3/t27-,34-,35?,36+,37+,38-;27-,34-,36+,37+,38-/m11/s1. The van der Waals surface area contributed by atoms with E-state index in [1.54, 1.807) is 0 Å². The van der Waals surface area contributed by atoms with Crippen molar-refractivity contribution in [2.75, 3.05) is 0 Å². The number of aliphatic hydroxyl groups is 1. The fourth-order valence-corrected chi connectivity index (χ4v) is 12.0. The van der Waals surface area contributed by atoms with Gasteiger partial charge in [-0.3, -0.25) is 4.79 Å². The second-order valence-corrected chi connectivity index (χ2v) is 22.7. The molecule has 10 rings (SSSR count). The molecule has 438 valence electrons. The molecule has 2 aliphatic heterocycles. The van der Waals surface area contributed by atoms with Gasteiger partial charge in [-0.05, 0) is 99.7 Å². The highest BCUT2D eigenvalue weighted by molar-refractivity contribution is 6.01. The molecule has 0 bridgehead atoms. The molecule has 11 atom stereocenters. The summed E-state index contributed by atoms with van der Waals surface area (Å²) in [4.78, 5) is 14.5. The predicted octanol–water partition coefficient (Wildman–Crippen LogP) is 15.9.